The summed E-state index contributed by atoms with van der Waals surface area (Å²) in [5, 5.41) is 38.2. The van der Waals surface area contributed by atoms with Crippen LogP contribution in [-0.2, 0) is 12.8 Å². The summed E-state index contributed by atoms with van der Waals surface area (Å²) in [6.45, 7) is 5.97. The number of fused-ring (bicyclic) bond motifs is 1. The number of nitrogens with one attached hydrogen (secondary N) is 2. The van der Waals surface area contributed by atoms with E-state index < -0.39 is 18.2 Å². The molecule has 3 aromatic rings. The molecule has 3 aromatic heterocycles. The second kappa shape index (κ2) is 9.93. The lowest BCUT2D eigenvalue weighted by molar-refractivity contribution is 0.00446. The van der Waals surface area contributed by atoms with Crippen LogP contribution in [0.3, 0.4) is 0 Å². The molecule has 188 valence electrons. The molecule has 0 aromatic carbocycles. The largest absolute Gasteiger partial charge is 0.396 e. The molecule has 0 bridgehead atoms. The van der Waals surface area contributed by atoms with Gasteiger partial charge >= 0.3 is 0 Å². The summed E-state index contributed by atoms with van der Waals surface area (Å²) >= 11 is 1.59. The highest BCUT2D eigenvalue weighted by Crippen LogP contribution is 2.39. The maximum Gasteiger partial charge on any atom is 0.225 e. The molecule has 2 fully saturated rings. The molecule has 0 aliphatic heterocycles. The number of anilines is 2. The number of aliphatic hydroxyl groups excluding tert-OH is 3. The fourth-order valence-corrected chi connectivity index (χ4v) is 6.09. The number of rotatable bonds is 8. The maximum absolute atomic E-state index is 10.6. The molecule has 9 nitrogen and oxygen atoms in total. The molecule has 10 heteroatoms. The van der Waals surface area contributed by atoms with E-state index in [2.05, 4.69) is 30.5 Å². The Kier molecular flexibility index (Phi) is 6.89. The van der Waals surface area contributed by atoms with Crippen molar-refractivity contribution < 1.29 is 15.3 Å². The van der Waals surface area contributed by atoms with Gasteiger partial charge in [0, 0.05) is 24.3 Å². The first-order chi connectivity index (χ1) is 16.9. The summed E-state index contributed by atoms with van der Waals surface area (Å²) in [6, 6.07) is 2.04. The van der Waals surface area contributed by atoms with Crippen molar-refractivity contribution in [2.45, 2.75) is 83.6 Å². The molecule has 2 saturated carbocycles. The number of aryl methyl sites for hydroxylation is 3. The molecule has 0 amide bonds. The van der Waals surface area contributed by atoms with Crippen LogP contribution in [0.5, 0.6) is 0 Å². The second-order valence-electron chi connectivity index (χ2n) is 9.67. The van der Waals surface area contributed by atoms with Crippen molar-refractivity contribution in [2.24, 2.45) is 5.92 Å². The minimum absolute atomic E-state index is 0.176. The third-order valence-corrected chi connectivity index (χ3v) is 8.32. The van der Waals surface area contributed by atoms with Gasteiger partial charge in [0.1, 0.15) is 22.4 Å². The molecule has 0 radical (unpaired) electrons. The maximum atomic E-state index is 10.6. The van der Waals surface area contributed by atoms with Crippen molar-refractivity contribution in [2.75, 3.05) is 17.2 Å². The Balaban J connectivity index is 1.58. The van der Waals surface area contributed by atoms with Crippen LogP contribution >= 0.6 is 11.3 Å². The lowest BCUT2D eigenvalue weighted by atomic mass is 9.93. The molecular weight excluding hydrogens is 464 g/mol. The summed E-state index contributed by atoms with van der Waals surface area (Å²) < 4.78 is 1.09. The van der Waals surface area contributed by atoms with Crippen molar-refractivity contribution in [3.63, 3.8) is 0 Å². The minimum atomic E-state index is -1.00. The number of aromatic nitrogens is 4. The van der Waals surface area contributed by atoms with E-state index in [0.717, 1.165) is 63.6 Å². The van der Waals surface area contributed by atoms with Gasteiger partial charge in [-0.15, -0.1) is 11.3 Å². The van der Waals surface area contributed by atoms with E-state index in [1.54, 1.807) is 11.3 Å². The van der Waals surface area contributed by atoms with Gasteiger partial charge in [0.2, 0.25) is 5.95 Å². The average Bonchev–Trinajstić information content (AvgIpc) is 3.36. The van der Waals surface area contributed by atoms with Gasteiger partial charge in [0.05, 0.1) is 33.8 Å². The van der Waals surface area contributed by atoms with Crippen molar-refractivity contribution in [3.8, 4) is 10.6 Å². The zero-order chi connectivity index (χ0) is 24.7. The van der Waals surface area contributed by atoms with Crippen LogP contribution in [0.15, 0.2) is 6.07 Å². The van der Waals surface area contributed by atoms with Crippen molar-refractivity contribution >= 4 is 33.3 Å². The van der Waals surface area contributed by atoms with Gasteiger partial charge < -0.3 is 26.0 Å². The molecule has 5 N–H and O–H groups in total. The topological polar surface area (TPSA) is 136 Å². The summed E-state index contributed by atoms with van der Waals surface area (Å²) in [4.78, 5) is 19.3. The molecular formula is C25H34N6O3S. The van der Waals surface area contributed by atoms with E-state index in [1.807, 2.05) is 6.92 Å². The smallest absolute Gasteiger partial charge is 0.225 e. The number of hydrogen-bond donors (Lipinski definition) is 5. The first-order valence-electron chi connectivity index (χ1n) is 12.6. The summed E-state index contributed by atoms with van der Waals surface area (Å²) in [7, 11) is 0. The molecule has 5 rings (SSSR count). The van der Waals surface area contributed by atoms with E-state index in [1.165, 1.54) is 6.42 Å². The van der Waals surface area contributed by atoms with E-state index in [4.69, 9.17) is 19.9 Å². The first-order valence-corrected chi connectivity index (χ1v) is 13.4. The predicted molar refractivity (Wildman–Crippen MR) is 138 cm³/mol. The molecule has 0 unspecified atom stereocenters. The summed E-state index contributed by atoms with van der Waals surface area (Å²) in [5.41, 5.74) is 4.52. The van der Waals surface area contributed by atoms with Crippen molar-refractivity contribution in [1.82, 2.24) is 19.9 Å². The van der Waals surface area contributed by atoms with Crippen molar-refractivity contribution in [1.29, 1.82) is 0 Å². The highest BCUT2D eigenvalue weighted by molar-refractivity contribution is 7.21. The number of thiazole rings is 1. The molecule has 0 spiro atoms. The summed E-state index contributed by atoms with van der Waals surface area (Å²) in [5.74, 6) is 0.750. The van der Waals surface area contributed by atoms with Gasteiger partial charge in [0.25, 0.3) is 0 Å². The Morgan fingerprint density at radius 2 is 1.83 bits per heavy atom. The van der Waals surface area contributed by atoms with E-state index in [9.17, 15) is 15.3 Å². The second-order valence-corrected chi connectivity index (χ2v) is 10.7. The van der Waals surface area contributed by atoms with E-state index in [-0.39, 0.29) is 12.5 Å². The molecule has 2 aliphatic rings. The Morgan fingerprint density at radius 1 is 1.03 bits per heavy atom. The standard InChI is InChI=1S/C25H34N6O3S/c1-4-14-10-18-20(16(5-2)27-14)30-24(35-18)19-12(3)26-25(28-15-7-6-8-15)31-23(19)29-17-9-13(11-32)21(33)22(17)34/h10,13,15,17,21-22,32-34H,4-9,11H2,1-3H3,(H2,26,28,29,31)/t13-,17-,21-,22+/m1/s1. The van der Waals surface area contributed by atoms with Crippen LogP contribution in [0.1, 0.15) is 56.6 Å². The normalized spacial score (nSPS) is 24.6. The van der Waals surface area contributed by atoms with Gasteiger partial charge in [-0.05, 0) is 51.5 Å². The van der Waals surface area contributed by atoms with Gasteiger partial charge in [0.15, 0.2) is 0 Å². The zero-order valence-corrected chi connectivity index (χ0v) is 21.3. The van der Waals surface area contributed by atoms with Crippen LogP contribution in [-0.4, -0.2) is 66.2 Å². The Labute approximate surface area is 209 Å². The van der Waals surface area contributed by atoms with Crippen LogP contribution in [0.2, 0.25) is 0 Å². The lowest BCUT2D eigenvalue weighted by Crippen LogP contribution is -2.36. The molecule has 3 heterocycles. The van der Waals surface area contributed by atoms with Gasteiger partial charge in [-0.2, -0.15) is 4.98 Å². The minimum Gasteiger partial charge on any atom is -0.396 e. The Hall–Kier alpha value is -2.40. The Morgan fingerprint density at radius 3 is 2.46 bits per heavy atom. The van der Waals surface area contributed by atoms with E-state index in [0.29, 0.717) is 24.2 Å². The molecule has 35 heavy (non-hydrogen) atoms. The fourth-order valence-electron chi connectivity index (χ4n) is 4.94. The predicted octanol–water partition coefficient (Wildman–Crippen LogP) is 3.06. The number of pyridine rings is 1. The van der Waals surface area contributed by atoms with Crippen molar-refractivity contribution in [3.05, 3.63) is 23.1 Å². The number of aliphatic hydroxyl groups is 3. The monoisotopic (exact) mass is 498 g/mol. The molecule has 0 saturated heterocycles. The molecule has 4 atom stereocenters. The van der Waals surface area contributed by atoms with Gasteiger partial charge in [-0.1, -0.05) is 13.8 Å². The number of hydrogen-bond acceptors (Lipinski definition) is 10. The third kappa shape index (κ3) is 4.60. The average molecular weight is 499 g/mol. The van der Waals surface area contributed by atoms with Crippen LogP contribution in [0.25, 0.3) is 20.8 Å². The fraction of sp³-hybridized carbons (Fsp3) is 0.600. The SMILES string of the molecule is CCc1cc2sc(-c3c(C)nc(NC4CCC4)nc3N[C@@H]3C[C@H](CO)[C@@H](O)[C@H]3O)nc2c(CC)n1. The van der Waals surface area contributed by atoms with Crippen LogP contribution in [0.4, 0.5) is 11.8 Å². The highest BCUT2D eigenvalue weighted by Gasteiger charge is 2.41. The van der Waals surface area contributed by atoms with E-state index >= 15 is 0 Å². The van der Waals surface area contributed by atoms with Gasteiger partial charge in [-0.25, -0.2) is 9.97 Å². The third-order valence-electron chi connectivity index (χ3n) is 7.30. The quantitative estimate of drug-likeness (QED) is 0.317. The summed E-state index contributed by atoms with van der Waals surface area (Å²) in [6.07, 6.45) is 3.52. The first kappa shape index (κ1) is 24.3. The lowest BCUT2D eigenvalue weighted by Gasteiger charge is -2.27. The van der Waals surface area contributed by atoms with Gasteiger partial charge in [-0.3, -0.25) is 4.98 Å². The zero-order valence-electron chi connectivity index (χ0n) is 20.5. The highest BCUT2D eigenvalue weighted by atomic mass is 32.1. The molecule has 2 aliphatic carbocycles. The van der Waals surface area contributed by atoms with Crippen LogP contribution < -0.4 is 10.6 Å². The Bertz CT molecular complexity index is 1210. The number of nitrogens with zero attached hydrogens (tertiary/aromatic N) is 4. The van der Waals surface area contributed by atoms with Crippen LogP contribution in [0, 0.1) is 12.8 Å².